The molecular weight excluding hydrogens is 282 g/mol. The van der Waals surface area contributed by atoms with Gasteiger partial charge in [0.25, 0.3) is 11.6 Å². The van der Waals surface area contributed by atoms with Crippen LogP contribution in [0.2, 0.25) is 0 Å². The summed E-state index contributed by atoms with van der Waals surface area (Å²) in [7, 11) is 0. The number of nitro groups is 1. The number of anilines is 1. The highest BCUT2D eigenvalue weighted by atomic mass is 16.6. The predicted molar refractivity (Wildman–Crippen MR) is 82.4 cm³/mol. The second-order valence-corrected chi connectivity index (χ2v) is 5.28. The second-order valence-electron chi connectivity index (χ2n) is 5.28. The number of hydrogen-bond donors (Lipinski definition) is 1. The van der Waals surface area contributed by atoms with Crippen LogP contribution in [0.3, 0.4) is 0 Å². The number of nitrogen functional groups attached to an aromatic ring is 1. The molecule has 22 heavy (non-hydrogen) atoms. The minimum absolute atomic E-state index is 0.0607. The van der Waals surface area contributed by atoms with Crippen molar-refractivity contribution in [1.29, 1.82) is 0 Å². The molecular formula is C16H15N3O3. The number of amides is 1. The van der Waals surface area contributed by atoms with Gasteiger partial charge in [0, 0.05) is 24.7 Å². The van der Waals surface area contributed by atoms with Crippen molar-refractivity contribution in [1.82, 2.24) is 4.90 Å². The summed E-state index contributed by atoms with van der Waals surface area (Å²) in [5.74, 6) is -0.211. The maximum absolute atomic E-state index is 12.6. The van der Waals surface area contributed by atoms with E-state index in [1.807, 2.05) is 18.2 Å². The molecule has 0 aliphatic carbocycles. The van der Waals surface area contributed by atoms with Gasteiger partial charge in [0.2, 0.25) is 0 Å². The first-order valence-corrected chi connectivity index (χ1v) is 6.96. The highest BCUT2D eigenvalue weighted by molar-refractivity contribution is 5.95. The zero-order chi connectivity index (χ0) is 15.7. The van der Waals surface area contributed by atoms with E-state index in [9.17, 15) is 14.9 Å². The smallest absolute Gasteiger partial charge is 0.292 e. The Hall–Kier alpha value is -2.89. The molecule has 0 fully saturated rings. The standard InChI is InChI=1S/C16H15N3O3/c17-14-6-5-12(9-15(14)19(21)22)16(20)18-8-7-11-3-1-2-4-13(11)10-18/h1-6,9H,7-8,10,17H2. The Kier molecular flexibility index (Phi) is 3.50. The summed E-state index contributed by atoms with van der Waals surface area (Å²) in [6.45, 7) is 1.13. The molecule has 1 aliphatic rings. The normalized spacial score (nSPS) is 13.5. The molecule has 0 radical (unpaired) electrons. The van der Waals surface area contributed by atoms with Gasteiger partial charge in [0.05, 0.1) is 4.92 Å². The summed E-state index contributed by atoms with van der Waals surface area (Å²) >= 11 is 0. The number of carbonyl (C=O) groups excluding carboxylic acids is 1. The lowest BCUT2D eigenvalue weighted by Crippen LogP contribution is -2.35. The molecule has 0 saturated heterocycles. The zero-order valence-electron chi connectivity index (χ0n) is 11.9. The third kappa shape index (κ3) is 2.50. The molecule has 0 spiro atoms. The number of nitrogens with zero attached hydrogens (tertiary/aromatic N) is 2. The minimum atomic E-state index is -0.572. The second kappa shape index (κ2) is 5.48. The van der Waals surface area contributed by atoms with Crippen LogP contribution >= 0.6 is 0 Å². The highest BCUT2D eigenvalue weighted by Gasteiger charge is 2.23. The highest BCUT2D eigenvalue weighted by Crippen LogP contribution is 2.25. The average molecular weight is 297 g/mol. The van der Waals surface area contributed by atoms with Gasteiger partial charge in [-0.2, -0.15) is 0 Å². The van der Waals surface area contributed by atoms with E-state index in [-0.39, 0.29) is 17.3 Å². The van der Waals surface area contributed by atoms with E-state index in [4.69, 9.17) is 5.73 Å². The zero-order valence-corrected chi connectivity index (χ0v) is 11.9. The van der Waals surface area contributed by atoms with E-state index < -0.39 is 4.92 Å². The maximum Gasteiger partial charge on any atom is 0.292 e. The molecule has 6 nitrogen and oxygen atoms in total. The van der Waals surface area contributed by atoms with Crippen molar-refractivity contribution < 1.29 is 9.72 Å². The Labute approximate surface area is 127 Å². The fraction of sp³-hybridized carbons (Fsp3) is 0.188. The summed E-state index contributed by atoms with van der Waals surface area (Å²) < 4.78 is 0. The molecule has 2 N–H and O–H groups in total. The van der Waals surface area contributed by atoms with Gasteiger partial charge in [-0.25, -0.2) is 0 Å². The molecule has 112 valence electrons. The number of fused-ring (bicyclic) bond motifs is 1. The van der Waals surface area contributed by atoms with Gasteiger partial charge in [-0.05, 0) is 29.7 Å². The monoisotopic (exact) mass is 297 g/mol. The number of carbonyl (C=O) groups is 1. The summed E-state index contributed by atoms with van der Waals surface area (Å²) in [5, 5.41) is 10.9. The molecule has 1 amide bonds. The molecule has 0 saturated carbocycles. The molecule has 1 aliphatic heterocycles. The van der Waals surface area contributed by atoms with E-state index in [0.717, 1.165) is 12.0 Å². The van der Waals surface area contributed by atoms with Crippen LogP contribution in [-0.2, 0) is 13.0 Å². The van der Waals surface area contributed by atoms with Crippen LogP contribution in [0.5, 0.6) is 0 Å². The van der Waals surface area contributed by atoms with Crippen molar-refractivity contribution in [3.8, 4) is 0 Å². The molecule has 0 unspecified atom stereocenters. The summed E-state index contributed by atoms with van der Waals surface area (Å²) in [6.07, 6.45) is 0.791. The number of nitro benzene ring substituents is 1. The number of rotatable bonds is 2. The number of nitrogens with two attached hydrogens (primary N) is 1. The molecule has 3 rings (SSSR count). The molecule has 0 atom stereocenters. The lowest BCUT2D eigenvalue weighted by Gasteiger charge is -2.28. The Balaban J connectivity index is 1.86. The Morgan fingerprint density at radius 3 is 2.64 bits per heavy atom. The summed E-state index contributed by atoms with van der Waals surface area (Å²) in [5.41, 5.74) is 8.05. The van der Waals surface area contributed by atoms with Crippen molar-refractivity contribution >= 4 is 17.3 Å². The SMILES string of the molecule is Nc1ccc(C(=O)N2CCc3ccccc3C2)cc1[N+](=O)[O-]. The fourth-order valence-corrected chi connectivity index (χ4v) is 2.69. The fourth-order valence-electron chi connectivity index (χ4n) is 2.69. The van der Waals surface area contributed by atoms with Crippen molar-refractivity contribution in [3.05, 3.63) is 69.3 Å². The van der Waals surface area contributed by atoms with E-state index in [0.29, 0.717) is 18.7 Å². The van der Waals surface area contributed by atoms with Gasteiger partial charge < -0.3 is 10.6 Å². The first kappa shape index (κ1) is 14.1. The maximum atomic E-state index is 12.6. The van der Waals surface area contributed by atoms with Crippen molar-refractivity contribution in [2.24, 2.45) is 0 Å². The number of hydrogen-bond acceptors (Lipinski definition) is 4. The molecule has 1 heterocycles. The van der Waals surface area contributed by atoms with Gasteiger partial charge in [0.15, 0.2) is 0 Å². The molecule has 2 aromatic rings. The van der Waals surface area contributed by atoms with Gasteiger partial charge in [-0.1, -0.05) is 24.3 Å². The summed E-state index contributed by atoms with van der Waals surface area (Å²) in [6, 6.07) is 12.2. The lowest BCUT2D eigenvalue weighted by atomic mass is 9.99. The van der Waals surface area contributed by atoms with Crippen molar-refractivity contribution in [3.63, 3.8) is 0 Å². The first-order chi connectivity index (χ1) is 10.6. The van der Waals surface area contributed by atoms with Crippen molar-refractivity contribution in [2.75, 3.05) is 12.3 Å². The van der Waals surface area contributed by atoms with Gasteiger partial charge in [0.1, 0.15) is 5.69 Å². The van der Waals surface area contributed by atoms with Crippen molar-refractivity contribution in [2.45, 2.75) is 13.0 Å². The Bertz CT molecular complexity index is 758. The van der Waals surface area contributed by atoms with Crippen LogP contribution < -0.4 is 5.73 Å². The van der Waals surface area contributed by atoms with E-state index in [1.54, 1.807) is 4.90 Å². The Morgan fingerprint density at radius 2 is 1.91 bits per heavy atom. The van der Waals surface area contributed by atoms with Crippen LogP contribution in [0.4, 0.5) is 11.4 Å². The van der Waals surface area contributed by atoms with E-state index in [2.05, 4.69) is 6.07 Å². The van der Waals surface area contributed by atoms with Crippen LogP contribution in [-0.4, -0.2) is 22.3 Å². The topological polar surface area (TPSA) is 89.5 Å². The molecule has 0 bridgehead atoms. The summed E-state index contributed by atoms with van der Waals surface area (Å²) in [4.78, 5) is 24.6. The largest absolute Gasteiger partial charge is 0.393 e. The van der Waals surface area contributed by atoms with Gasteiger partial charge in [-0.3, -0.25) is 14.9 Å². The quantitative estimate of drug-likeness (QED) is 0.523. The van der Waals surface area contributed by atoms with E-state index in [1.165, 1.54) is 23.8 Å². The van der Waals surface area contributed by atoms with Crippen LogP contribution in [0.15, 0.2) is 42.5 Å². The Morgan fingerprint density at radius 1 is 1.18 bits per heavy atom. The third-order valence-corrected chi connectivity index (χ3v) is 3.89. The van der Waals surface area contributed by atoms with Crippen LogP contribution in [0.1, 0.15) is 21.5 Å². The predicted octanol–water partition coefficient (Wildman–Crippen LogP) is 2.38. The number of benzene rings is 2. The molecule has 2 aromatic carbocycles. The third-order valence-electron chi connectivity index (χ3n) is 3.89. The van der Waals surface area contributed by atoms with Gasteiger partial charge >= 0.3 is 0 Å². The van der Waals surface area contributed by atoms with Gasteiger partial charge in [-0.15, -0.1) is 0 Å². The lowest BCUT2D eigenvalue weighted by molar-refractivity contribution is -0.383. The molecule has 0 aromatic heterocycles. The van der Waals surface area contributed by atoms with Crippen LogP contribution in [0, 0.1) is 10.1 Å². The van der Waals surface area contributed by atoms with E-state index >= 15 is 0 Å². The molecule has 6 heteroatoms. The average Bonchev–Trinajstić information content (AvgIpc) is 2.54. The van der Waals surface area contributed by atoms with Crippen LogP contribution in [0.25, 0.3) is 0 Å². The minimum Gasteiger partial charge on any atom is -0.393 e. The first-order valence-electron chi connectivity index (χ1n) is 6.96.